The molecule has 0 saturated heterocycles. The highest BCUT2D eigenvalue weighted by molar-refractivity contribution is 7.92. The number of anilines is 3. The van der Waals surface area contributed by atoms with Crippen LogP contribution in [0.25, 0.3) is 0 Å². The predicted octanol–water partition coefficient (Wildman–Crippen LogP) is 3.73. The molecule has 0 radical (unpaired) electrons. The van der Waals surface area contributed by atoms with Crippen molar-refractivity contribution in [2.45, 2.75) is 18.7 Å². The van der Waals surface area contributed by atoms with Gasteiger partial charge in [-0.05, 0) is 50.2 Å². The summed E-state index contributed by atoms with van der Waals surface area (Å²) in [6, 6.07) is 17.2. The largest absolute Gasteiger partial charge is 0.492 e. The zero-order valence-corrected chi connectivity index (χ0v) is 15.8. The second-order valence-electron chi connectivity index (χ2n) is 5.78. The van der Waals surface area contributed by atoms with Crippen LogP contribution in [-0.2, 0) is 10.0 Å². The van der Waals surface area contributed by atoms with Gasteiger partial charge in [-0.1, -0.05) is 29.8 Å². The molecule has 0 amide bonds. The minimum absolute atomic E-state index is 0.138. The van der Waals surface area contributed by atoms with Crippen LogP contribution in [0.2, 0.25) is 0 Å². The summed E-state index contributed by atoms with van der Waals surface area (Å²) in [6.07, 6.45) is 0. The fourth-order valence-electron chi connectivity index (χ4n) is 2.36. The Kier molecular flexibility index (Phi) is 5.56. The van der Waals surface area contributed by atoms with Gasteiger partial charge >= 0.3 is 0 Å². The Hall–Kier alpha value is -3.13. The first-order valence-corrected chi connectivity index (χ1v) is 9.88. The molecule has 0 spiro atoms. The van der Waals surface area contributed by atoms with E-state index in [-0.39, 0.29) is 10.7 Å². The van der Waals surface area contributed by atoms with Crippen molar-refractivity contribution < 1.29 is 13.2 Å². The van der Waals surface area contributed by atoms with E-state index in [1.165, 1.54) is 0 Å². The molecule has 0 unspecified atom stereocenters. The molecule has 0 fully saturated rings. The topological polar surface area (TPSA) is 93.2 Å². The standard InChI is InChI=1S/C19H20N4O3S/c1-3-26-17-7-5-4-6-16(17)20-18-12-13-19(22-21-18)23-27(24,25)15-10-8-14(2)9-11-15/h4-13H,3H2,1-2H3,(H,20,21)(H,22,23). The summed E-state index contributed by atoms with van der Waals surface area (Å²) in [4.78, 5) is 0.169. The van der Waals surface area contributed by atoms with Gasteiger partial charge in [0.2, 0.25) is 0 Å². The lowest BCUT2D eigenvalue weighted by Crippen LogP contribution is -2.14. The Labute approximate surface area is 158 Å². The molecule has 0 aliphatic rings. The monoisotopic (exact) mass is 384 g/mol. The van der Waals surface area contributed by atoms with E-state index in [4.69, 9.17) is 4.74 Å². The number of sulfonamides is 1. The number of para-hydroxylation sites is 2. The number of nitrogens with one attached hydrogen (secondary N) is 2. The van der Waals surface area contributed by atoms with Gasteiger partial charge in [-0.25, -0.2) is 8.42 Å². The van der Waals surface area contributed by atoms with E-state index in [1.54, 1.807) is 36.4 Å². The highest BCUT2D eigenvalue weighted by Gasteiger charge is 2.15. The van der Waals surface area contributed by atoms with Gasteiger partial charge in [0, 0.05) is 0 Å². The summed E-state index contributed by atoms with van der Waals surface area (Å²) < 4.78 is 32.8. The van der Waals surface area contributed by atoms with Crippen LogP contribution >= 0.6 is 0 Å². The fraction of sp³-hybridized carbons (Fsp3) is 0.158. The molecule has 8 heteroatoms. The van der Waals surface area contributed by atoms with Crippen molar-refractivity contribution in [2.24, 2.45) is 0 Å². The molecule has 7 nitrogen and oxygen atoms in total. The summed E-state index contributed by atoms with van der Waals surface area (Å²) in [5.41, 5.74) is 1.73. The maximum absolute atomic E-state index is 12.4. The third-order valence-corrected chi connectivity index (χ3v) is 5.06. The Morgan fingerprint density at radius 3 is 2.26 bits per heavy atom. The van der Waals surface area contributed by atoms with Crippen LogP contribution in [0, 0.1) is 6.92 Å². The van der Waals surface area contributed by atoms with E-state index in [0.29, 0.717) is 18.2 Å². The van der Waals surface area contributed by atoms with Gasteiger partial charge in [0.25, 0.3) is 10.0 Å². The minimum Gasteiger partial charge on any atom is -0.492 e. The van der Waals surface area contributed by atoms with Crippen LogP contribution in [0.1, 0.15) is 12.5 Å². The van der Waals surface area contributed by atoms with E-state index in [0.717, 1.165) is 11.3 Å². The summed E-state index contributed by atoms with van der Waals surface area (Å²) in [5, 5.41) is 11.1. The molecular formula is C19H20N4O3S. The highest BCUT2D eigenvalue weighted by Crippen LogP contribution is 2.26. The van der Waals surface area contributed by atoms with E-state index in [9.17, 15) is 8.42 Å². The van der Waals surface area contributed by atoms with E-state index in [2.05, 4.69) is 20.2 Å². The number of ether oxygens (including phenoxy) is 1. The van der Waals surface area contributed by atoms with Gasteiger partial charge in [-0.15, -0.1) is 10.2 Å². The fourth-order valence-corrected chi connectivity index (χ4v) is 3.35. The Bertz CT molecular complexity index is 1000. The molecule has 1 aromatic heterocycles. The number of benzene rings is 2. The predicted molar refractivity (Wildman–Crippen MR) is 105 cm³/mol. The lowest BCUT2D eigenvalue weighted by molar-refractivity contribution is 0.342. The Morgan fingerprint density at radius 2 is 1.59 bits per heavy atom. The van der Waals surface area contributed by atoms with Crippen molar-refractivity contribution in [1.29, 1.82) is 0 Å². The van der Waals surface area contributed by atoms with E-state index in [1.807, 2.05) is 38.1 Å². The Balaban J connectivity index is 1.73. The molecule has 140 valence electrons. The molecule has 27 heavy (non-hydrogen) atoms. The first kappa shape index (κ1) is 18.7. The van der Waals surface area contributed by atoms with Crippen LogP contribution in [0.15, 0.2) is 65.6 Å². The number of hydrogen-bond acceptors (Lipinski definition) is 6. The molecule has 3 rings (SSSR count). The number of aromatic nitrogens is 2. The number of aryl methyl sites for hydroxylation is 1. The summed E-state index contributed by atoms with van der Waals surface area (Å²) >= 11 is 0. The molecule has 3 aromatic rings. The van der Waals surface area contributed by atoms with Crippen molar-refractivity contribution >= 4 is 27.3 Å². The molecule has 0 atom stereocenters. The van der Waals surface area contributed by atoms with E-state index < -0.39 is 10.0 Å². The summed E-state index contributed by atoms with van der Waals surface area (Å²) in [6.45, 7) is 4.35. The smallest absolute Gasteiger partial charge is 0.263 e. The number of nitrogens with zero attached hydrogens (tertiary/aromatic N) is 2. The molecular weight excluding hydrogens is 364 g/mol. The average Bonchev–Trinajstić information content (AvgIpc) is 2.65. The van der Waals surface area contributed by atoms with Gasteiger partial charge < -0.3 is 10.1 Å². The second kappa shape index (κ2) is 8.05. The summed E-state index contributed by atoms with van der Waals surface area (Å²) in [7, 11) is -3.71. The van der Waals surface area contributed by atoms with Crippen molar-refractivity contribution in [3.63, 3.8) is 0 Å². The van der Waals surface area contributed by atoms with Crippen molar-refractivity contribution in [2.75, 3.05) is 16.6 Å². The normalized spacial score (nSPS) is 11.0. The molecule has 0 saturated carbocycles. The molecule has 1 heterocycles. The zero-order valence-electron chi connectivity index (χ0n) is 15.0. The third kappa shape index (κ3) is 4.73. The molecule has 0 aliphatic heterocycles. The zero-order chi connectivity index (χ0) is 19.3. The highest BCUT2D eigenvalue weighted by atomic mass is 32.2. The SMILES string of the molecule is CCOc1ccccc1Nc1ccc(NS(=O)(=O)c2ccc(C)cc2)nn1. The minimum atomic E-state index is -3.71. The lowest BCUT2D eigenvalue weighted by Gasteiger charge is -2.11. The van der Waals surface area contributed by atoms with Crippen LogP contribution in [0.4, 0.5) is 17.3 Å². The Morgan fingerprint density at radius 1 is 0.926 bits per heavy atom. The molecule has 2 aromatic carbocycles. The number of rotatable bonds is 7. The van der Waals surface area contributed by atoms with Crippen molar-refractivity contribution in [1.82, 2.24) is 10.2 Å². The average molecular weight is 384 g/mol. The van der Waals surface area contributed by atoms with Crippen LogP contribution < -0.4 is 14.8 Å². The second-order valence-corrected chi connectivity index (χ2v) is 7.46. The van der Waals surface area contributed by atoms with Gasteiger partial charge in [0.05, 0.1) is 17.2 Å². The van der Waals surface area contributed by atoms with Gasteiger partial charge in [-0.2, -0.15) is 0 Å². The molecule has 0 bridgehead atoms. The van der Waals surface area contributed by atoms with Crippen LogP contribution in [0.5, 0.6) is 5.75 Å². The van der Waals surface area contributed by atoms with Gasteiger partial charge in [0.15, 0.2) is 11.6 Å². The molecule has 0 aliphatic carbocycles. The first-order valence-electron chi connectivity index (χ1n) is 8.40. The van der Waals surface area contributed by atoms with Gasteiger partial charge in [-0.3, -0.25) is 4.72 Å². The van der Waals surface area contributed by atoms with Crippen LogP contribution in [-0.4, -0.2) is 25.2 Å². The maximum Gasteiger partial charge on any atom is 0.263 e. The molecule has 2 N–H and O–H groups in total. The number of hydrogen-bond donors (Lipinski definition) is 2. The van der Waals surface area contributed by atoms with E-state index >= 15 is 0 Å². The lowest BCUT2D eigenvalue weighted by atomic mass is 10.2. The third-order valence-electron chi connectivity index (χ3n) is 3.68. The van der Waals surface area contributed by atoms with Gasteiger partial charge in [0.1, 0.15) is 5.75 Å². The van der Waals surface area contributed by atoms with Crippen molar-refractivity contribution in [3.8, 4) is 5.75 Å². The van der Waals surface area contributed by atoms with Crippen molar-refractivity contribution in [3.05, 3.63) is 66.2 Å². The van der Waals surface area contributed by atoms with Crippen LogP contribution in [0.3, 0.4) is 0 Å². The maximum atomic E-state index is 12.4. The summed E-state index contributed by atoms with van der Waals surface area (Å²) in [5.74, 6) is 1.31. The quantitative estimate of drug-likeness (QED) is 0.645. The first-order chi connectivity index (χ1) is 13.0.